The van der Waals surface area contributed by atoms with Gasteiger partial charge in [0.1, 0.15) is 11.4 Å². The molecule has 2 atom stereocenters. The van der Waals surface area contributed by atoms with Crippen molar-refractivity contribution in [2.75, 3.05) is 13.2 Å². The zero-order chi connectivity index (χ0) is 11.4. The lowest BCUT2D eigenvalue weighted by Gasteiger charge is -2.34. The van der Waals surface area contributed by atoms with Crippen molar-refractivity contribution in [3.63, 3.8) is 0 Å². The molecule has 0 amide bonds. The van der Waals surface area contributed by atoms with Crippen molar-refractivity contribution >= 4 is 0 Å². The van der Waals surface area contributed by atoms with Crippen LogP contribution in [-0.2, 0) is 4.74 Å². The number of rotatable bonds is 3. The first-order valence-corrected chi connectivity index (χ1v) is 6.48. The average Bonchev–Trinajstić information content (AvgIpc) is 2.31. The molecule has 2 heterocycles. The van der Waals surface area contributed by atoms with E-state index >= 15 is 0 Å². The summed E-state index contributed by atoms with van der Waals surface area (Å²) in [6.07, 6.45) is 8.62. The summed E-state index contributed by atoms with van der Waals surface area (Å²) in [4.78, 5) is 0. The van der Waals surface area contributed by atoms with Crippen molar-refractivity contribution in [3.8, 4) is 0 Å². The van der Waals surface area contributed by atoms with E-state index < -0.39 is 5.60 Å². The van der Waals surface area contributed by atoms with E-state index in [0.29, 0.717) is 6.04 Å². The average molecular weight is 225 g/mol. The molecule has 1 fully saturated rings. The van der Waals surface area contributed by atoms with Crippen LogP contribution in [0, 0.1) is 0 Å². The van der Waals surface area contributed by atoms with Crippen LogP contribution in [0.3, 0.4) is 0 Å². The minimum absolute atomic E-state index is 0.440. The zero-order valence-corrected chi connectivity index (χ0v) is 10.2. The van der Waals surface area contributed by atoms with Gasteiger partial charge in [-0.1, -0.05) is 6.42 Å². The second kappa shape index (κ2) is 5.19. The Morgan fingerprint density at radius 2 is 2.38 bits per heavy atom. The van der Waals surface area contributed by atoms with Crippen molar-refractivity contribution in [2.45, 2.75) is 57.1 Å². The van der Waals surface area contributed by atoms with Gasteiger partial charge < -0.3 is 15.2 Å². The largest absolute Gasteiger partial charge is 0.495 e. The highest BCUT2D eigenvalue weighted by atomic mass is 16.5. The van der Waals surface area contributed by atoms with E-state index in [1.165, 1.54) is 19.3 Å². The van der Waals surface area contributed by atoms with Crippen LogP contribution >= 0.6 is 0 Å². The summed E-state index contributed by atoms with van der Waals surface area (Å²) >= 11 is 0. The number of hydrogen-bond acceptors (Lipinski definition) is 3. The van der Waals surface area contributed by atoms with Crippen molar-refractivity contribution < 1.29 is 9.84 Å². The maximum Gasteiger partial charge on any atom is 0.123 e. The molecule has 0 radical (unpaired) electrons. The lowest BCUT2D eigenvalue weighted by molar-refractivity contribution is 0.00294. The van der Waals surface area contributed by atoms with Crippen LogP contribution in [0.1, 0.15) is 45.4 Å². The Bertz CT molecular complexity index is 255. The lowest BCUT2D eigenvalue weighted by atomic mass is 9.89. The normalized spacial score (nSPS) is 30.1. The molecule has 16 heavy (non-hydrogen) atoms. The molecule has 2 rings (SSSR count). The third-order valence-electron chi connectivity index (χ3n) is 3.52. The van der Waals surface area contributed by atoms with Gasteiger partial charge in [0.2, 0.25) is 0 Å². The molecule has 1 saturated heterocycles. The molecule has 0 bridgehead atoms. The molecule has 0 saturated carbocycles. The first-order chi connectivity index (χ1) is 7.68. The van der Waals surface area contributed by atoms with Crippen LogP contribution in [-0.4, -0.2) is 29.9 Å². The number of piperidine rings is 1. The van der Waals surface area contributed by atoms with E-state index in [-0.39, 0.29) is 0 Å². The maximum atomic E-state index is 10.5. The molecule has 92 valence electrons. The van der Waals surface area contributed by atoms with Gasteiger partial charge >= 0.3 is 0 Å². The minimum atomic E-state index is -0.796. The quantitative estimate of drug-likeness (QED) is 0.771. The molecule has 2 N–H and O–H groups in total. The lowest BCUT2D eigenvalue weighted by Crippen LogP contribution is -2.42. The molecule has 3 nitrogen and oxygen atoms in total. The van der Waals surface area contributed by atoms with Crippen molar-refractivity contribution in [1.29, 1.82) is 0 Å². The Morgan fingerprint density at radius 3 is 3.00 bits per heavy atom. The Kier molecular flexibility index (Phi) is 3.87. The fraction of sp³-hybridized carbons (Fsp3) is 0.846. The fourth-order valence-corrected chi connectivity index (χ4v) is 2.61. The molecule has 0 spiro atoms. The van der Waals surface area contributed by atoms with Crippen LogP contribution in [0.25, 0.3) is 0 Å². The third-order valence-corrected chi connectivity index (χ3v) is 3.52. The summed E-state index contributed by atoms with van der Waals surface area (Å²) < 4.78 is 5.57. The molecule has 0 aromatic rings. The second-order valence-electron chi connectivity index (χ2n) is 5.18. The van der Waals surface area contributed by atoms with E-state index in [2.05, 4.69) is 5.32 Å². The van der Waals surface area contributed by atoms with E-state index in [4.69, 9.17) is 4.74 Å². The van der Waals surface area contributed by atoms with Crippen LogP contribution in [0.2, 0.25) is 0 Å². The molecule has 2 aliphatic heterocycles. The van der Waals surface area contributed by atoms with E-state index in [9.17, 15) is 5.11 Å². The first-order valence-electron chi connectivity index (χ1n) is 6.48. The van der Waals surface area contributed by atoms with Gasteiger partial charge in [-0.25, -0.2) is 0 Å². The summed E-state index contributed by atoms with van der Waals surface area (Å²) in [5, 5.41) is 13.9. The summed E-state index contributed by atoms with van der Waals surface area (Å²) in [5.41, 5.74) is -0.796. The zero-order valence-electron chi connectivity index (χ0n) is 10.2. The standard InChI is InChI=1S/C13H23NO2/c1-13(15,12-7-3-5-9-16-12)10-11-6-2-4-8-14-11/h7,11,14-15H,2-6,8-10H2,1H3. The fourth-order valence-electron chi connectivity index (χ4n) is 2.61. The molecular weight excluding hydrogens is 202 g/mol. The van der Waals surface area contributed by atoms with Crippen LogP contribution in [0.4, 0.5) is 0 Å². The number of aliphatic hydroxyl groups is 1. The Balaban J connectivity index is 1.92. The van der Waals surface area contributed by atoms with Gasteiger partial charge in [0.05, 0.1) is 6.61 Å². The molecule has 2 unspecified atom stereocenters. The first kappa shape index (κ1) is 11.9. The Morgan fingerprint density at radius 1 is 1.50 bits per heavy atom. The Labute approximate surface area is 97.9 Å². The molecule has 0 aromatic carbocycles. The van der Waals surface area contributed by atoms with Gasteiger partial charge in [0, 0.05) is 6.04 Å². The third kappa shape index (κ3) is 2.98. The topological polar surface area (TPSA) is 41.5 Å². The smallest absolute Gasteiger partial charge is 0.123 e. The second-order valence-corrected chi connectivity index (χ2v) is 5.18. The number of allylic oxidation sites excluding steroid dienone is 1. The summed E-state index contributed by atoms with van der Waals surface area (Å²) in [7, 11) is 0. The highest BCUT2D eigenvalue weighted by Crippen LogP contribution is 2.28. The monoisotopic (exact) mass is 225 g/mol. The van der Waals surface area contributed by atoms with Crippen LogP contribution in [0.5, 0.6) is 0 Å². The number of hydrogen-bond donors (Lipinski definition) is 2. The predicted molar refractivity (Wildman–Crippen MR) is 64.2 cm³/mol. The van der Waals surface area contributed by atoms with Crippen molar-refractivity contribution in [1.82, 2.24) is 5.32 Å². The SMILES string of the molecule is CC(O)(CC1CCCCN1)C1=CCCCO1. The number of ether oxygens (including phenoxy) is 1. The van der Waals surface area contributed by atoms with Crippen molar-refractivity contribution in [3.05, 3.63) is 11.8 Å². The molecule has 3 heteroatoms. The number of nitrogens with one attached hydrogen (secondary N) is 1. The predicted octanol–water partition coefficient (Wildman–Crippen LogP) is 1.96. The molecular formula is C13H23NO2. The molecule has 2 aliphatic rings. The van der Waals surface area contributed by atoms with E-state index in [1.807, 2.05) is 13.0 Å². The molecule has 0 aromatic heterocycles. The van der Waals surface area contributed by atoms with Gasteiger partial charge in [0.15, 0.2) is 0 Å². The van der Waals surface area contributed by atoms with Gasteiger partial charge in [0.25, 0.3) is 0 Å². The van der Waals surface area contributed by atoms with Gasteiger partial charge in [-0.05, 0) is 51.6 Å². The van der Waals surface area contributed by atoms with E-state index in [1.54, 1.807) is 0 Å². The van der Waals surface area contributed by atoms with Gasteiger partial charge in [-0.2, -0.15) is 0 Å². The summed E-state index contributed by atoms with van der Waals surface area (Å²) in [6.45, 7) is 3.71. The van der Waals surface area contributed by atoms with Crippen molar-refractivity contribution in [2.24, 2.45) is 0 Å². The highest BCUT2D eigenvalue weighted by molar-refractivity contribution is 5.11. The molecule has 0 aliphatic carbocycles. The van der Waals surface area contributed by atoms with E-state index in [0.717, 1.165) is 38.2 Å². The Hall–Kier alpha value is -0.540. The van der Waals surface area contributed by atoms with Gasteiger partial charge in [-0.3, -0.25) is 0 Å². The highest BCUT2D eigenvalue weighted by Gasteiger charge is 2.32. The summed E-state index contributed by atoms with van der Waals surface area (Å²) in [5.74, 6) is 0.783. The van der Waals surface area contributed by atoms with Crippen LogP contribution in [0.15, 0.2) is 11.8 Å². The maximum absolute atomic E-state index is 10.5. The summed E-state index contributed by atoms with van der Waals surface area (Å²) in [6, 6.07) is 0.440. The van der Waals surface area contributed by atoms with Crippen LogP contribution < -0.4 is 5.32 Å². The minimum Gasteiger partial charge on any atom is -0.495 e. The van der Waals surface area contributed by atoms with Gasteiger partial charge in [-0.15, -0.1) is 0 Å².